The van der Waals surface area contributed by atoms with Crippen LogP contribution in [0.5, 0.6) is 5.75 Å². The molecule has 28 heavy (non-hydrogen) atoms. The third-order valence-corrected chi connectivity index (χ3v) is 5.18. The van der Waals surface area contributed by atoms with Gasteiger partial charge in [-0.25, -0.2) is 4.98 Å². The Hall–Kier alpha value is -3.52. The molecular weight excluding hydrogens is 378 g/mol. The van der Waals surface area contributed by atoms with Crippen molar-refractivity contribution in [3.63, 3.8) is 0 Å². The Labute approximate surface area is 163 Å². The summed E-state index contributed by atoms with van der Waals surface area (Å²) in [7, 11) is 0. The number of thiophene rings is 1. The molecule has 140 valence electrons. The number of fused-ring (bicyclic) bond motifs is 1. The first-order valence-electron chi connectivity index (χ1n) is 8.53. The Kier molecular flexibility index (Phi) is 4.86. The van der Waals surface area contributed by atoms with Gasteiger partial charge in [0.15, 0.2) is 0 Å². The summed E-state index contributed by atoms with van der Waals surface area (Å²) in [6.07, 6.45) is 1.52. The van der Waals surface area contributed by atoms with Crippen LogP contribution in [0.2, 0.25) is 0 Å². The molecule has 0 saturated heterocycles. The molecule has 0 aliphatic rings. The average molecular weight is 393 g/mol. The molecule has 2 heterocycles. The van der Waals surface area contributed by atoms with Gasteiger partial charge in [-0.2, -0.15) is 0 Å². The second kappa shape index (κ2) is 7.61. The predicted octanol–water partition coefficient (Wildman–Crippen LogP) is 4.11. The van der Waals surface area contributed by atoms with Gasteiger partial charge in [0, 0.05) is 23.1 Å². The Balaban J connectivity index is 1.62. The highest BCUT2D eigenvalue weighted by molar-refractivity contribution is 7.17. The van der Waals surface area contributed by atoms with Gasteiger partial charge >= 0.3 is 0 Å². The average Bonchev–Trinajstić information content (AvgIpc) is 3.15. The predicted molar refractivity (Wildman–Crippen MR) is 108 cm³/mol. The van der Waals surface area contributed by atoms with E-state index in [1.165, 1.54) is 34.4 Å². The quantitative estimate of drug-likeness (QED) is 0.363. The molecule has 0 saturated carbocycles. The maximum absolute atomic E-state index is 13.0. The lowest BCUT2D eigenvalue weighted by Gasteiger charge is -2.08. The number of non-ortho nitro benzene ring substituents is 1. The van der Waals surface area contributed by atoms with E-state index < -0.39 is 4.92 Å². The van der Waals surface area contributed by atoms with Gasteiger partial charge in [-0.1, -0.05) is 18.2 Å². The third kappa shape index (κ3) is 3.49. The minimum atomic E-state index is -0.448. The van der Waals surface area contributed by atoms with Crippen molar-refractivity contribution >= 4 is 27.2 Å². The molecule has 0 aliphatic carbocycles. The Bertz CT molecular complexity index is 1180. The number of nitro groups is 1. The highest BCUT2D eigenvalue weighted by Crippen LogP contribution is 2.31. The molecule has 0 radical (unpaired) electrons. The van der Waals surface area contributed by atoms with Crippen LogP contribution in [0, 0.1) is 10.1 Å². The first-order chi connectivity index (χ1) is 13.6. The summed E-state index contributed by atoms with van der Waals surface area (Å²) in [5.41, 5.74) is 1.33. The van der Waals surface area contributed by atoms with E-state index in [9.17, 15) is 14.9 Å². The molecular formula is C20H15N3O4S. The molecule has 0 spiro atoms. The standard InChI is InChI=1S/C20H15N3O4S/c24-20-18-17(14-6-8-15(9-7-14)23(25)26)12-28-19(18)21-13-22(20)10-11-27-16-4-2-1-3-5-16/h1-9,12-13H,10-11H2. The lowest BCUT2D eigenvalue weighted by molar-refractivity contribution is -0.384. The van der Waals surface area contributed by atoms with E-state index in [0.29, 0.717) is 23.4 Å². The highest BCUT2D eigenvalue weighted by atomic mass is 32.1. The van der Waals surface area contributed by atoms with Crippen LogP contribution in [0.25, 0.3) is 21.3 Å². The SMILES string of the molecule is O=c1c2c(-c3ccc([N+](=O)[O-])cc3)csc2ncn1CCOc1ccccc1. The van der Waals surface area contributed by atoms with Crippen molar-refractivity contribution in [2.45, 2.75) is 6.54 Å². The van der Waals surface area contributed by atoms with E-state index in [2.05, 4.69) is 4.98 Å². The fourth-order valence-corrected chi connectivity index (χ4v) is 3.79. The number of hydrogen-bond donors (Lipinski definition) is 0. The van der Waals surface area contributed by atoms with E-state index >= 15 is 0 Å². The summed E-state index contributed by atoms with van der Waals surface area (Å²) in [4.78, 5) is 28.4. The molecule has 0 fully saturated rings. The van der Waals surface area contributed by atoms with Crippen molar-refractivity contribution in [1.82, 2.24) is 9.55 Å². The van der Waals surface area contributed by atoms with Gasteiger partial charge in [-0.05, 0) is 29.8 Å². The Morgan fingerprint density at radius 3 is 2.57 bits per heavy atom. The first-order valence-corrected chi connectivity index (χ1v) is 9.41. The van der Waals surface area contributed by atoms with Gasteiger partial charge in [-0.15, -0.1) is 11.3 Å². The number of nitrogens with zero attached hydrogens (tertiary/aromatic N) is 3. The summed E-state index contributed by atoms with van der Waals surface area (Å²) in [5.74, 6) is 0.742. The van der Waals surface area contributed by atoms with Crippen molar-refractivity contribution in [2.24, 2.45) is 0 Å². The maximum Gasteiger partial charge on any atom is 0.269 e. The smallest absolute Gasteiger partial charge is 0.269 e. The van der Waals surface area contributed by atoms with Crippen LogP contribution in [0.3, 0.4) is 0 Å². The van der Waals surface area contributed by atoms with Gasteiger partial charge in [0.2, 0.25) is 0 Å². The minimum absolute atomic E-state index is 0.0110. The van der Waals surface area contributed by atoms with Crippen LogP contribution < -0.4 is 10.3 Å². The van der Waals surface area contributed by atoms with Crippen LogP contribution in [0.4, 0.5) is 5.69 Å². The van der Waals surface area contributed by atoms with Crippen molar-refractivity contribution in [2.75, 3.05) is 6.61 Å². The molecule has 4 aromatic rings. The molecule has 0 atom stereocenters. The molecule has 0 unspecified atom stereocenters. The minimum Gasteiger partial charge on any atom is -0.492 e. The van der Waals surface area contributed by atoms with E-state index in [0.717, 1.165) is 16.9 Å². The van der Waals surface area contributed by atoms with Crippen LogP contribution in [0.15, 0.2) is 71.1 Å². The molecule has 4 rings (SSSR count). The first kappa shape index (κ1) is 17.9. The summed E-state index contributed by atoms with van der Waals surface area (Å²) in [6, 6.07) is 15.6. The molecule has 7 nitrogen and oxygen atoms in total. The van der Waals surface area contributed by atoms with E-state index in [-0.39, 0.29) is 11.2 Å². The van der Waals surface area contributed by atoms with Gasteiger partial charge < -0.3 is 4.74 Å². The van der Waals surface area contributed by atoms with Crippen LogP contribution >= 0.6 is 11.3 Å². The van der Waals surface area contributed by atoms with Crippen molar-refractivity contribution in [3.8, 4) is 16.9 Å². The number of ether oxygens (including phenoxy) is 1. The topological polar surface area (TPSA) is 87.3 Å². The monoisotopic (exact) mass is 393 g/mol. The number of benzene rings is 2. The highest BCUT2D eigenvalue weighted by Gasteiger charge is 2.14. The van der Waals surface area contributed by atoms with Gasteiger partial charge in [0.05, 0.1) is 23.2 Å². The van der Waals surface area contributed by atoms with Crippen LogP contribution in [0.1, 0.15) is 0 Å². The number of aromatic nitrogens is 2. The maximum atomic E-state index is 13.0. The second-order valence-electron chi connectivity index (χ2n) is 6.04. The zero-order chi connectivity index (χ0) is 19.5. The Morgan fingerprint density at radius 2 is 1.86 bits per heavy atom. The summed E-state index contributed by atoms with van der Waals surface area (Å²) < 4.78 is 7.18. The molecule has 0 aliphatic heterocycles. The molecule has 0 N–H and O–H groups in total. The second-order valence-corrected chi connectivity index (χ2v) is 6.90. The van der Waals surface area contributed by atoms with E-state index in [1.807, 2.05) is 35.7 Å². The molecule has 0 amide bonds. The lowest BCUT2D eigenvalue weighted by atomic mass is 10.1. The van der Waals surface area contributed by atoms with E-state index in [1.54, 1.807) is 12.1 Å². The van der Waals surface area contributed by atoms with Crippen molar-refractivity contribution < 1.29 is 9.66 Å². The summed E-state index contributed by atoms with van der Waals surface area (Å²) in [6.45, 7) is 0.709. The number of rotatable bonds is 6. The van der Waals surface area contributed by atoms with E-state index in [4.69, 9.17) is 4.74 Å². The fourth-order valence-electron chi connectivity index (χ4n) is 2.88. The zero-order valence-corrected chi connectivity index (χ0v) is 15.5. The molecule has 8 heteroatoms. The van der Waals surface area contributed by atoms with Crippen molar-refractivity contribution in [1.29, 1.82) is 0 Å². The summed E-state index contributed by atoms with van der Waals surface area (Å²) in [5, 5.41) is 13.2. The van der Waals surface area contributed by atoms with Crippen LogP contribution in [-0.2, 0) is 6.54 Å². The fraction of sp³-hybridized carbons (Fsp3) is 0.100. The molecule has 2 aromatic heterocycles. The number of para-hydroxylation sites is 1. The van der Waals surface area contributed by atoms with Crippen molar-refractivity contribution in [3.05, 3.63) is 86.8 Å². The van der Waals surface area contributed by atoms with Crippen LogP contribution in [-0.4, -0.2) is 21.1 Å². The lowest BCUT2D eigenvalue weighted by Crippen LogP contribution is -2.23. The normalized spacial score (nSPS) is 10.9. The molecule has 0 bridgehead atoms. The number of hydrogen-bond acceptors (Lipinski definition) is 6. The number of nitro benzene ring substituents is 1. The molecule has 2 aromatic carbocycles. The largest absolute Gasteiger partial charge is 0.492 e. The zero-order valence-electron chi connectivity index (χ0n) is 14.6. The summed E-state index contributed by atoms with van der Waals surface area (Å²) >= 11 is 1.37. The Morgan fingerprint density at radius 1 is 1.11 bits per heavy atom. The van der Waals surface area contributed by atoms with Gasteiger partial charge in [0.25, 0.3) is 11.2 Å². The van der Waals surface area contributed by atoms with Gasteiger partial charge in [0.1, 0.15) is 17.2 Å². The third-order valence-electron chi connectivity index (χ3n) is 4.29. The van der Waals surface area contributed by atoms with Gasteiger partial charge in [-0.3, -0.25) is 19.5 Å².